The van der Waals surface area contributed by atoms with Crippen molar-refractivity contribution in [3.63, 3.8) is 0 Å². The summed E-state index contributed by atoms with van der Waals surface area (Å²) in [6.07, 6.45) is 0. The largest absolute Gasteiger partial charge is 0.366 e. The quantitative estimate of drug-likeness (QED) is 0.814. The Morgan fingerprint density at radius 1 is 0.875 bits per heavy atom. The summed E-state index contributed by atoms with van der Waals surface area (Å²) in [6.45, 7) is 3.78. The summed E-state index contributed by atoms with van der Waals surface area (Å²) in [7, 11) is 0. The third kappa shape index (κ3) is 3.30. The van der Waals surface area contributed by atoms with Gasteiger partial charge in [0.1, 0.15) is 5.82 Å². The zero-order valence-electron chi connectivity index (χ0n) is 13.5. The van der Waals surface area contributed by atoms with Crippen molar-refractivity contribution >= 4 is 17.4 Å². The first-order valence-corrected chi connectivity index (χ1v) is 7.96. The molecule has 2 aromatic carbocycles. The van der Waals surface area contributed by atoms with Gasteiger partial charge in [-0.15, -0.1) is 0 Å². The number of anilines is 1. The minimum Gasteiger partial charge on any atom is -0.366 e. The second-order valence-corrected chi connectivity index (χ2v) is 5.86. The van der Waals surface area contributed by atoms with Gasteiger partial charge in [-0.2, -0.15) is 0 Å². The molecule has 0 unspecified atom stereocenters. The Morgan fingerprint density at radius 2 is 1.46 bits per heavy atom. The van der Waals surface area contributed by atoms with E-state index in [0.717, 1.165) is 0 Å². The smallest absolute Gasteiger partial charge is 0.253 e. The lowest BCUT2D eigenvalue weighted by atomic mass is 10.1. The molecule has 0 aliphatic carbocycles. The minimum absolute atomic E-state index is 0.0208. The van der Waals surface area contributed by atoms with Gasteiger partial charge < -0.3 is 9.80 Å². The average Bonchev–Trinajstić information content (AvgIpc) is 2.62. The summed E-state index contributed by atoms with van der Waals surface area (Å²) in [5.74, 6) is -0.317. The summed E-state index contributed by atoms with van der Waals surface area (Å²) in [5.41, 5.74) is 1.74. The van der Waals surface area contributed by atoms with E-state index in [9.17, 15) is 14.0 Å². The molecule has 5 heteroatoms. The number of halogens is 1. The second kappa shape index (κ2) is 6.83. The molecule has 4 nitrogen and oxygen atoms in total. The first kappa shape index (κ1) is 16.2. The molecule has 124 valence electrons. The molecule has 0 aromatic heterocycles. The van der Waals surface area contributed by atoms with Crippen LogP contribution < -0.4 is 4.90 Å². The summed E-state index contributed by atoms with van der Waals surface area (Å²) in [6, 6.07) is 13.4. The molecule has 0 spiro atoms. The molecule has 0 saturated carbocycles. The molecule has 0 bridgehead atoms. The van der Waals surface area contributed by atoms with Crippen molar-refractivity contribution in [3.05, 3.63) is 65.5 Å². The maximum absolute atomic E-state index is 13.8. The number of hydrogen-bond acceptors (Lipinski definition) is 3. The predicted octanol–water partition coefficient (Wildman–Crippen LogP) is 2.99. The van der Waals surface area contributed by atoms with Crippen molar-refractivity contribution in [1.82, 2.24) is 4.90 Å². The molecule has 24 heavy (non-hydrogen) atoms. The second-order valence-electron chi connectivity index (χ2n) is 5.86. The number of piperazine rings is 1. The Hall–Kier alpha value is -2.69. The van der Waals surface area contributed by atoms with Crippen molar-refractivity contribution in [2.75, 3.05) is 31.1 Å². The lowest BCUT2D eigenvalue weighted by molar-refractivity contribution is 0.0746. The molecular formula is C19H19FN2O2. The molecule has 1 aliphatic rings. The molecule has 1 heterocycles. The van der Waals surface area contributed by atoms with E-state index in [1.165, 1.54) is 13.0 Å². The maximum Gasteiger partial charge on any atom is 0.253 e. The molecule has 0 N–H and O–H groups in total. The number of benzene rings is 2. The molecule has 1 fully saturated rings. The normalized spacial score (nSPS) is 14.6. The summed E-state index contributed by atoms with van der Waals surface area (Å²) >= 11 is 0. The van der Waals surface area contributed by atoms with Crippen LogP contribution in [-0.4, -0.2) is 42.8 Å². The first-order chi connectivity index (χ1) is 11.6. The van der Waals surface area contributed by atoms with Crippen molar-refractivity contribution in [2.45, 2.75) is 6.92 Å². The van der Waals surface area contributed by atoms with E-state index in [4.69, 9.17) is 0 Å². The molecule has 1 saturated heterocycles. The van der Waals surface area contributed by atoms with Crippen molar-refractivity contribution < 1.29 is 14.0 Å². The molecule has 1 amide bonds. The third-order valence-corrected chi connectivity index (χ3v) is 4.30. The lowest BCUT2D eigenvalue weighted by Gasteiger charge is -2.36. The van der Waals surface area contributed by atoms with Gasteiger partial charge in [0.15, 0.2) is 5.78 Å². The number of ketones is 1. The highest BCUT2D eigenvalue weighted by Crippen LogP contribution is 2.20. The average molecular weight is 326 g/mol. The van der Waals surface area contributed by atoms with E-state index in [2.05, 4.69) is 0 Å². The van der Waals surface area contributed by atoms with E-state index in [-0.39, 0.29) is 17.5 Å². The highest BCUT2D eigenvalue weighted by Gasteiger charge is 2.23. The number of para-hydroxylation sites is 1. The number of hydrogen-bond donors (Lipinski definition) is 0. The van der Waals surface area contributed by atoms with Gasteiger partial charge in [-0.05, 0) is 31.2 Å². The van der Waals surface area contributed by atoms with Crippen LogP contribution in [0.4, 0.5) is 10.1 Å². The number of rotatable bonds is 3. The molecule has 0 atom stereocenters. The van der Waals surface area contributed by atoms with E-state index >= 15 is 0 Å². The summed E-state index contributed by atoms with van der Waals surface area (Å²) in [4.78, 5) is 27.6. The SMILES string of the molecule is CC(=O)c1ccc(C(=O)N2CCN(c3ccccc3F)CC2)cc1. The first-order valence-electron chi connectivity index (χ1n) is 7.96. The van der Waals surface area contributed by atoms with Gasteiger partial charge in [0.05, 0.1) is 5.69 Å². The third-order valence-electron chi connectivity index (χ3n) is 4.30. The van der Waals surface area contributed by atoms with Crippen LogP contribution in [0.5, 0.6) is 0 Å². The van der Waals surface area contributed by atoms with E-state index in [0.29, 0.717) is 43.0 Å². The minimum atomic E-state index is -0.239. The van der Waals surface area contributed by atoms with Crippen LogP contribution in [0, 0.1) is 5.82 Å². The van der Waals surface area contributed by atoms with Crippen LogP contribution in [0.3, 0.4) is 0 Å². The van der Waals surface area contributed by atoms with Crippen molar-refractivity contribution in [2.24, 2.45) is 0 Å². The Balaban J connectivity index is 1.65. The number of amides is 1. The fourth-order valence-electron chi connectivity index (χ4n) is 2.89. The van der Waals surface area contributed by atoms with Crippen LogP contribution in [0.1, 0.15) is 27.6 Å². The monoisotopic (exact) mass is 326 g/mol. The van der Waals surface area contributed by atoms with Gasteiger partial charge in [0.2, 0.25) is 0 Å². The van der Waals surface area contributed by atoms with Gasteiger partial charge in [-0.3, -0.25) is 9.59 Å². The van der Waals surface area contributed by atoms with Crippen molar-refractivity contribution in [3.8, 4) is 0 Å². The Kier molecular flexibility index (Phi) is 4.60. The number of carbonyl (C=O) groups is 2. The highest BCUT2D eigenvalue weighted by molar-refractivity contribution is 5.97. The zero-order valence-corrected chi connectivity index (χ0v) is 13.5. The fraction of sp³-hybridized carbons (Fsp3) is 0.263. The fourth-order valence-corrected chi connectivity index (χ4v) is 2.89. The van der Waals surface area contributed by atoms with Gasteiger partial charge in [0, 0.05) is 37.3 Å². The Morgan fingerprint density at radius 3 is 2.04 bits per heavy atom. The molecule has 1 aliphatic heterocycles. The summed E-state index contributed by atoms with van der Waals surface area (Å²) < 4.78 is 13.8. The van der Waals surface area contributed by atoms with Crippen LogP contribution in [0.2, 0.25) is 0 Å². The van der Waals surface area contributed by atoms with Gasteiger partial charge in [-0.25, -0.2) is 4.39 Å². The predicted molar refractivity (Wildman–Crippen MR) is 91.0 cm³/mol. The van der Waals surface area contributed by atoms with Crippen LogP contribution in [-0.2, 0) is 0 Å². The summed E-state index contributed by atoms with van der Waals surface area (Å²) in [5, 5.41) is 0. The van der Waals surface area contributed by atoms with Crippen LogP contribution >= 0.6 is 0 Å². The topological polar surface area (TPSA) is 40.6 Å². The number of nitrogens with zero attached hydrogens (tertiary/aromatic N) is 2. The highest BCUT2D eigenvalue weighted by atomic mass is 19.1. The number of carbonyl (C=O) groups excluding carboxylic acids is 2. The lowest BCUT2D eigenvalue weighted by Crippen LogP contribution is -2.49. The van der Waals surface area contributed by atoms with Crippen molar-refractivity contribution in [1.29, 1.82) is 0 Å². The maximum atomic E-state index is 13.8. The molecule has 2 aromatic rings. The molecule has 3 rings (SSSR count). The van der Waals surface area contributed by atoms with Gasteiger partial charge in [0.25, 0.3) is 5.91 Å². The van der Waals surface area contributed by atoms with Crippen LogP contribution in [0.25, 0.3) is 0 Å². The Bertz CT molecular complexity index is 750. The zero-order chi connectivity index (χ0) is 17.1. The standard InChI is InChI=1S/C19H19FN2O2/c1-14(23)15-6-8-16(9-7-15)19(24)22-12-10-21(11-13-22)18-5-3-2-4-17(18)20/h2-9H,10-13H2,1H3. The van der Waals surface area contributed by atoms with Gasteiger partial charge in [-0.1, -0.05) is 24.3 Å². The van der Waals surface area contributed by atoms with E-state index in [1.807, 2.05) is 11.0 Å². The van der Waals surface area contributed by atoms with E-state index in [1.54, 1.807) is 41.3 Å². The molecule has 0 radical (unpaired) electrons. The Labute approximate surface area is 140 Å². The molecular weight excluding hydrogens is 307 g/mol. The van der Waals surface area contributed by atoms with Crippen LogP contribution in [0.15, 0.2) is 48.5 Å². The number of Topliss-reactive ketones (excluding diaryl/α,β-unsaturated/α-hetero) is 1. The van der Waals surface area contributed by atoms with Gasteiger partial charge >= 0.3 is 0 Å². The van der Waals surface area contributed by atoms with E-state index < -0.39 is 0 Å².